The Kier molecular flexibility index (Phi) is 4.89. The SMILES string of the molecule is [C-]#[N+]c1ccccc1-n1c2ccccc2c2cc(-n3c4ccccc4c4c(-c5ccccc5)cccc43)ccc21. The molecule has 0 amide bonds. The maximum atomic E-state index is 7.77. The van der Waals surface area contributed by atoms with Crippen LogP contribution in [0, 0.1) is 6.57 Å². The third-order valence-electron chi connectivity index (χ3n) is 7.94. The monoisotopic (exact) mass is 509 g/mol. The number of hydrogen-bond acceptors (Lipinski definition) is 0. The van der Waals surface area contributed by atoms with E-state index in [4.69, 9.17) is 6.57 Å². The lowest BCUT2D eigenvalue weighted by Gasteiger charge is -2.11. The van der Waals surface area contributed by atoms with Crippen LogP contribution in [0.1, 0.15) is 0 Å². The van der Waals surface area contributed by atoms with Crippen LogP contribution in [0.4, 0.5) is 5.69 Å². The summed E-state index contributed by atoms with van der Waals surface area (Å²) in [6, 6.07) is 49.0. The van der Waals surface area contributed by atoms with Gasteiger partial charge in [0.05, 0.1) is 34.3 Å². The van der Waals surface area contributed by atoms with E-state index in [1.54, 1.807) is 0 Å². The van der Waals surface area contributed by atoms with Crippen molar-refractivity contribution in [3.63, 3.8) is 0 Å². The van der Waals surface area contributed by atoms with Gasteiger partial charge in [0.2, 0.25) is 5.69 Å². The van der Waals surface area contributed by atoms with E-state index in [0.717, 1.165) is 27.8 Å². The van der Waals surface area contributed by atoms with Gasteiger partial charge in [0.15, 0.2) is 0 Å². The average molecular weight is 510 g/mol. The molecule has 2 heterocycles. The van der Waals surface area contributed by atoms with Crippen LogP contribution >= 0.6 is 0 Å². The average Bonchev–Trinajstić information content (AvgIpc) is 3.54. The number of rotatable bonds is 3. The molecule has 0 unspecified atom stereocenters. The van der Waals surface area contributed by atoms with Gasteiger partial charge in [-0.05, 0) is 53.6 Å². The summed E-state index contributed by atoms with van der Waals surface area (Å²) in [5.41, 5.74) is 9.67. The zero-order valence-corrected chi connectivity index (χ0v) is 21.6. The molecule has 0 bridgehead atoms. The van der Waals surface area contributed by atoms with Gasteiger partial charge < -0.3 is 9.13 Å². The molecule has 0 fully saturated rings. The summed E-state index contributed by atoms with van der Waals surface area (Å²) < 4.78 is 4.61. The Morgan fingerprint density at radius 1 is 0.475 bits per heavy atom. The third kappa shape index (κ3) is 3.17. The molecule has 186 valence electrons. The number of para-hydroxylation sites is 4. The van der Waals surface area contributed by atoms with Crippen molar-refractivity contribution in [2.45, 2.75) is 0 Å². The molecule has 0 aliphatic carbocycles. The van der Waals surface area contributed by atoms with Gasteiger partial charge in [0, 0.05) is 27.2 Å². The minimum atomic E-state index is 0.644. The smallest absolute Gasteiger partial charge is 0.210 e. The zero-order valence-electron chi connectivity index (χ0n) is 21.6. The van der Waals surface area contributed by atoms with Crippen molar-refractivity contribution in [3.8, 4) is 22.5 Å². The first-order valence-corrected chi connectivity index (χ1v) is 13.4. The molecule has 3 nitrogen and oxygen atoms in total. The van der Waals surface area contributed by atoms with Crippen LogP contribution in [0.3, 0.4) is 0 Å². The lowest BCUT2D eigenvalue weighted by atomic mass is 9.99. The molecule has 3 heteroatoms. The predicted molar refractivity (Wildman–Crippen MR) is 167 cm³/mol. The van der Waals surface area contributed by atoms with Gasteiger partial charge in [-0.15, -0.1) is 0 Å². The van der Waals surface area contributed by atoms with E-state index in [1.807, 2.05) is 24.3 Å². The van der Waals surface area contributed by atoms with E-state index in [-0.39, 0.29) is 0 Å². The quantitative estimate of drug-likeness (QED) is 0.210. The predicted octanol–water partition coefficient (Wildman–Crippen LogP) is 10.1. The molecule has 0 radical (unpaired) electrons. The largest absolute Gasteiger partial charge is 0.319 e. The normalized spacial score (nSPS) is 11.5. The van der Waals surface area contributed by atoms with Crippen molar-refractivity contribution in [2.75, 3.05) is 0 Å². The first kappa shape index (κ1) is 22.4. The molecule has 0 atom stereocenters. The van der Waals surface area contributed by atoms with Crippen molar-refractivity contribution >= 4 is 49.3 Å². The fourth-order valence-electron chi connectivity index (χ4n) is 6.26. The van der Waals surface area contributed by atoms with Crippen molar-refractivity contribution in [1.82, 2.24) is 9.13 Å². The molecule has 0 saturated carbocycles. The maximum Gasteiger partial charge on any atom is 0.210 e. The lowest BCUT2D eigenvalue weighted by Crippen LogP contribution is -1.96. The highest BCUT2D eigenvalue weighted by Gasteiger charge is 2.18. The zero-order chi connectivity index (χ0) is 26.6. The number of nitrogens with zero attached hydrogens (tertiary/aromatic N) is 3. The second kappa shape index (κ2) is 8.73. The summed E-state index contributed by atoms with van der Waals surface area (Å²) in [5, 5.41) is 4.84. The molecule has 0 aliphatic rings. The van der Waals surface area contributed by atoms with E-state index in [1.165, 1.54) is 38.3 Å². The summed E-state index contributed by atoms with van der Waals surface area (Å²) in [5.74, 6) is 0. The molecule has 8 rings (SSSR count). The van der Waals surface area contributed by atoms with Crippen LogP contribution in [0.2, 0.25) is 0 Å². The van der Waals surface area contributed by atoms with Crippen LogP contribution in [0.25, 0.3) is 71.0 Å². The number of fused-ring (bicyclic) bond motifs is 6. The van der Waals surface area contributed by atoms with Gasteiger partial charge in [0.25, 0.3) is 0 Å². The number of aromatic nitrogens is 2. The lowest BCUT2D eigenvalue weighted by molar-refractivity contribution is 1.17. The summed E-state index contributed by atoms with van der Waals surface area (Å²) in [7, 11) is 0. The molecule has 2 aromatic heterocycles. The molecule has 8 aromatic rings. The first-order chi connectivity index (χ1) is 19.8. The fraction of sp³-hybridized carbons (Fsp3) is 0. The Balaban J connectivity index is 1.45. The molecule has 40 heavy (non-hydrogen) atoms. The van der Waals surface area contributed by atoms with Crippen LogP contribution in [-0.4, -0.2) is 9.13 Å². The van der Waals surface area contributed by atoms with Crippen molar-refractivity contribution in [2.24, 2.45) is 0 Å². The van der Waals surface area contributed by atoms with E-state index in [2.05, 4.69) is 129 Å². The minimum absolute atomic E-state index is 0.644. The fourth-order valence-corrected chi connectivity index (χ4v) is 6.26. The van der Waals surface area contributed by atoms with Crippen LogP contribution in [0.15, 0.2) is 140 Å². The second-order valence-electron chi connectivity index (χ2n) is 10.1. The van der Waals surface area contributed by atoms with Gasteiger partial charge >= 0.3 is 0 Å². The third-order valence-corrected chi connectivity index (χ3v) is 7.94. The topological polar surface area (TPSA) is 14.2 Å². The van der Waals surface area contributed by atoms with Gasteiger partial charge in [-0.25, -0.2) is 4.85 Å². The standard InChI is InChI=1S/C37H23N3/c1-38-31-17-7-10-20-35(31)40-32-18-8-5-14-28(32)30-24-26(22-23-34(30)40)39-33-19-9-6-15-29(33)37-27(16-11-21-36(37)39)25-12-3-2-4-13-25/h2-24H. The van der Waals surface area contributed by atoms with Crippen molar-refractivity contribution < 1.29 is 0 Å². The van der Waals surface area contributed by atoms with Crippen LogP contribution in [0.5, 0.6) is 0 Å². The minimum Gasteiger partial charge on any atom is -0.319 e. The van der Waals surface area contributed by atoms with Crippen LogP contribution < -0.4 is 0 Å². The highest BCUT2D eigenvalue weighted by Crippen LogP contribution is 2.40. The van der Waals surface area contributed by atoms with E-state index in [0.29, 0.717) is 5.69 Å². The van der Waals surface area contributed by atoms with Gasteiger partial charge in [-0.2, -0.15) is 0 Å². The summed E-state index contributed by atoms with van der Waals surface area (Å²) in [4.78, 5) is 3.82. The summed E-state index contributed by atoms with van der Waals surface area (Å²) in [6.45, 7) is 7.77. The molecule has 0 saturated heterocycles. The molecule has 0 spiro atoms. The first-order valence-electron chi connectivity index (χ1n) is 13.4. The molecule has 0 N–H and O–H groups in total. The highest BCUT2D eigenvalue weighted by atomic mass is 15.0. The summed E-state index contributed by atoms with van der Waals surface area (Å²) in [6.07, 6.45) is 0. The number of benzene rings is 6. The van der Waals surface area contributed by atoms with E-state index < -0.39 is 0 Å². The second-order valence-corrected chi connectivity index (χ2v) is 10.1. The molecular formula is C37H23N3. The van der Waals surface area contributed by atoms with Gasteiger partial charge in [-0.1, -0.05) is 97.1 Å². The Morgan fingerprint density at radius 2 is 1.12 bits per heavy atom. The highest BCUT2D eigenvalue weighted by molar-refractivity contribution is 6.16. The van der Waals surface area contributed by atoms with Crippen molar-refractivity contribution in [3.05, 3.63) is 151 Å². The van der Waals surface area contributed by atoms with E-state index in [9.17, 15) is 0 Å². The van der Waals surface area contributed by atoms with E-state index >= 15 is 0 Å². The van der Waals surface area contributed by atoms with Crippen LogP contribution in [-0.2, 0) is 0 Å². The van der Waals surface area contributed by atoms with Gasteiger partial charge in [0.1, 0.15) is 0 Å². The Labute approximate surface area is 231 Å². The van der Waals surface area contributed by atoms with Gasteiger partial charge in [-0.3, -0.25) is 0 Å². The Hall–Kier alpha value is -5.59. The van der Waals surface area contributed by atoms with Crippen molar-refractivity contribution in [1.29, 1.82) is 0 Å². The molecule has 0 aliphatic heterocycles. The Morgan fingerprint density at radius 3 is 1.95 bits per heavy atom. The Bertz CT molecular complexity index is 2280. The maximum absolute atomic E-state index is 7.77. The number of hydrogen-bond donors (Lipinski definition) is 0. The molecular weight excluding hydrogens is 486 g/mol. The molecule has 6 aromatic carbocycles. The summed E-state index contributed by atoms with van der Waals surface area (Å²) >= 11 is 0.